The Morgan fingerprint density at radius 3 is 2.57 bits per heavy atom. The lowest BCUT2D eigenvalue weighted by molar-refractivity contribution is -0.137. The third-order valence-corrected chi connectivity index (χ3v) is 6.05. The van der Waals surface area contributed by atoms with Crippen LogP contribution in [0, 0.1) is 0 Å². The molecule has 4 saturated heterocycles. The van der Waals surface area contributed by atoms with Gasteiger partial charge in [-0.1, -0.05) is 12.1 Å². The maximum absolute atomic E-state index is 13.0. The van der Waals surface area contributed by atoms with Crippen molar-refractivity contribution in [1.82, 2.24) is 20.0 Å². The minimum Gasteiger partial charge on any atom is -0.370 e. The molecule has 2 bridgehead atoms. The van der Waals surface area contributed by atoms with E-state index in [1.54, 1.807) is 13.1 Å². The van der Waals surface area contributed by atoms with E-state index in [1.807, 2.05) is 0 Å². The number of benzene rings is 1. The van der Waals surface area contributed by atoms with E-state index in [9.17, 15) is 13.2 Å². The fourth-order valence-corrected chi connectivity index (χ4v) is 4.42. The van der Waals surface area contributed by atoms with E-state index in [4.69, 9.17) is 4.74 Å². The molecule has 4 fully saturated rings. The predicted octanol–water partition coefficient (Wildman–Crippen LogP) is 2.27. The molecule has 0 saturated carbocycles. The van der Waals surface area contributed by atoms with E-state index < -0.39 is 17.8 Å². The Bertz CT molecular complexity index is 739. The normalized spacial score (nSPS) is 29.5. The van der Waals surface area contributed by atoms with E-state index in [2.05, 4.69) is 25.0 Å². The first kappa shape index (κ1) is 23.6. The van der Waals surface area contributed by atoms with Crippen LogP contribution < -0.4 is 5.32 Å². The van der Waals surface area contributed by atoms with Crippen molar-refractivity contribution >= 4 is 29.9 Å². The van der Waals surface area contributed by atoms with Gasteiger partial charge in [-0.25, -0.2) is 0 Å². The second kappa shape index (κ2) is 10.0. The van der Waals surface area contributed by atoms with Gasteiger partial charge in [0.1, 0.15) is 6.10 Å². The van der Waals surface area contributed by atoms with Crippen LogP contribution in [0.5, 0.6) is 0 Å². The molecule has 4 aliphatic rings. The summed E-state index contributed by atoms with van der Waals surface area (Å²) in [5.41, 5.74) is -0.0990. The van der Waals surface area contributed by atoms with Crippen LogP contribution in [-0.4, -0.2) is 92.7 Å². The van der Waals surface area contributed by atoms with Gasteiger partial charge in [-0.2, -0.15) is 13.2 Å². The van der Waals surface area contributed by atoms with Crippen molar-refractivity contribution in [3.8, 4) is 0 Å². The highest BCUT2D eigenvalue weighted by Crippen LogP contribution is 2.32. The maximum Gasteiger partial charge on any atom is 0.416 e. The highest BCUT2D eigenvalue weighted by atomic mass is 127. The van der Waals surface area contributed by atoms with Crippen molar-refractivity contribution < 1.29 is 17.9 Å². The zero-order chi connectivity index (χ0) is 20.4. The van der Waals surface area contributed by atoms with E-state index in [1.165, 1.54) is 12.1 Å². The van der Waals surface area contributed by atoms with Crippen LogP contribution in [-0.2, 0) is 10.9 Å². The summed E-state index contributed by atoms with van der Waals surface area (Å²) in [5.74, 6) is 0.780. The number of nitrogens with zero attached hydrogens (tertiary/aromatic N) is 4. The van der Waals surface area contributed by atoms with Crippen LogP contribution in [0.15, 0.2) is 29.3 Å². The standard InChI is InChI=1S/C20H28F3N5O.HI/c1-24-19(25-12-17-13-26-5-7-27(17)8-6-26)28-9-10-29-18(14-28)15-3-2-4-16(11-15)20(21,22)23;/h2-4,11,17-18H,5-10,12-14H2,1H3,(H,24,25);1H. The molecule has 5 rings (SSSR count). The highest BCUT2D eigenvalue weighted by molar-refractivity contribution is 14.0. The molecule has 0 spiro atoms. The summed E-state index contributed by atoms with van der Waals surface area (Å²) in [6.45, 7) is 7.98. The number of hydrogen-bond donors (Lipinski definition) is 1. The van der Waals surface area contributed by atoms with Crippen LogP contribution in [0.25, 0.3) is 0 Å². The number of fused-ring (bicyclic) bond motifs is 3. The lowest BCUT2D eigenvalue weighted by atomic mass is 10.0. The summed E-state index contributed by atoms with van der Waals surface area (Å²) in [5, 5.41) is 3.47. The molecule has 2 atom stereocenters. The minimum absolute atomic E-state index is 0. The Balaban J connectivity index is 0.00000256. The van der Waals surface area contributed by atoms with Crippen LogP contribution in [0.3, 0.4) is 0 Å². The predicted molar refractivity (Wildman–Crippen MR) is 120 cm³/mol. The SMILES string of the molecule is CN=C(NCC1CN2CCN1CC2)N1CCOC(c2cccc(C(F)(F)F)c2)C1.I. The number of rotatable bonds is 3. The third-order valence-electron chi connectivity index (χ3n) is 6.05. The number of ether oxygens (including phenoxy) is 1. The molecule has 2 unspecified atom stereocenters. The molecule has 1 N–H and O–H groups in total. The molecule has 0 amide bonds. The number of aliphatic imine (C=N–C) groups is 1. The largest absolute Gasteiger partial charge is 0.416 e. The number of nitrogens with one attached hydrogen (secondary N) is 1. The van der Waals surface area contributed by atoms with Gasteiger partial charge in [-0.15, -0.1) is 24.0 Å². The van der Waals surface area contributed by atoms with Crippen LogP contribution in [0.1, 0.15) is 17.2 Å². The number of halogens is 4. The Morgan fingerprint density at radius 1 is 1.17 bits per heavy atom. The molecule has 4 aliphatic heterocycles. The Kier molecular flexibility index (Phi) is 7.86. The van der Waals surface area contributed by atoms with Crippen molar-refractivity contribution in [2.24, 2.45) is 4.99 Å². The molecule has 1 aromatic carbocycles. The second-order valence-electron chi connectivity index (χ2n) is 7.85. The monoisotopic (exact) mass is 539 g/mol. The first-order valence-corrected chi connectivity index (χ1v) is 10.1. The van der Waals surface area contributed by atoms with E-state index >= 15 is 0 Å². The molecular formula is C20H29F3IN5O. The number of alkyl halides is 3. The molecule has 4 heterocycles. The van der Waals surface area contributed by atoms with Crippen molar-refractivity contribution in [3.05, 3.63) is 35.4 Å². The average molecular weight is 539 g/mol. The van der Waals surface area contributed by atoms with Gasteiger partial charge in [0, 0.05) is 58.9 Å². The fraction of sp³-hybridized carbons (Fsp3) is 0.650. The molecule has 0 aliphatic carbocycles. The summed E-state index contributed by atoms with van der Waals surface area (Å²) < 4.78 is 44.9. The number of piperazine rings is 3. The van der Waals surface area contributed by atoms with Gasteiger partial charge in [-0.3, -0.25) is 14.8 Å². The van der Waals surface area contributed by atoms with Gasteiger partial charge in [0.25, 0.3) is 0 Å². The fourth-order valence-electron chi connectivity index (χ4n) is 4.42. The van der Waals surface area contributed by atoms with Gasteiger partial charge < -0.3 is 15.0 Å². The summed E-state index contributed by atoms with van der Waals surface area (Å²) in [6.07, 6.45) is -4.77. The Hall–Kier alpha value is -1.11. The lowest BCUT2D eigenvalue weighted by Gasteiger charge is -2.47. The highest BCUT2D eigenvalue weighted by Gasteiger charge is 2.33. The maximum atomic E-state index is 13.0. The number of guanidine groups is 1. The molecule has 0 radical (unpaired) electrons. The summed E-state index contributed by atoms with van der Waals surface area (Å²) in [7, 11) is 1.74. The Morgan fingerprint density at radius 2 is 1.93 bits per heavy atom. The zero-order valence-corrected chi connectivity index (χ0v) is 19.4. The van der Waals surface area contributed by atoms with Gasteiger partial charge in [-0.05, 0) is 17.7 Å². The molecule has 168 valence electrons. The number of hydrogen-bond acceptors (Lipinski definition) is 4. The molecular weight excluding hydrogens is 510 g/mol. The Labute approximate surface area is 192 Å². The minimum atomic E-state index is -4.35. The molecule has 1 aromatic rings. The molecule has 10 heteroatoms. The van der Waals surface area contributed by atoms with E-state index in [0.29, 0.717) is 31.3 Å². The summed E-state index contributed by atoms with van der Waals surface area (Å²) in [6, 6.07) is 5.88. The van der Waals surface area contributed by atoms with Gasteiger partial charge in [0.05, 0.1) is 18.7 Å². The quantitative estimate of drug-likeness (QED) is 0.363. The molecule has 6 nitrogen and oxygen atoms in total. The van der Waals surface area contributed by atoms with Crippen molar-refractivity contribution in [2.75, 3.05) is 66.0 Å². The molecule has 30 heavy (non-hydrogen) atoms. The van der Waals surface area contributed by atoms with Crippen molar-refractivity contribution in [2.45, 2.75) is 18.3 Å². The van der Waals surface area contributed by atoms with E-state index in [-0.39, 0.29) is 24.0 Å². The van der Waals surface area contributed by atoms with Crippen LogP contribution in [0.4, 0.5) is 13.2 Å². The second-order valence-corrected chi connectivity index (χ2v) is 7.85. The first-order valence-electron chi connectivity index (χ1n) is 10.1. The lowest BCUT2D eigenvalue weighted by Crippen LogP contribution is -2.64. The molecule has 0 aromatic heterocycles. The van der Waals surface area contributed by atoms with Crippen LogP contribution >= 0.6 is 24.0 Å². The average Bonchev–Trinajstić information content (AvgIpc) is 2.75. The van der Waals surface area contributed by atoms with E-state index in [0.717, 1.165) is 51.3 Å². The smallest absolute Gasteiger partial charge is 0.370 e. The third kappa shape index (κ3) is 5.38. The van der Waals surface area contributed by atoms with Crippen molar-refractivity contribution in [1.29, 1.82) is 0 Å². The summed E-state index contributed by atoms with van der Waals surface area (Å²) >= 11 is 0. The number of morpholine rings is 1. The summed E-state index contributed by atoms with van der Waals surface area (Å²) in [4.78, 5) is 11.5. The zero-order valence-electron chi connectivity index (χ0n) is 17.1. The topological polar surface area (TPSA) is 43.3 Å². The van der Waals surface area contributed by atoms with Crippen molar-refractivity contribution in [3.63, 3.8) is 0 Å². The van der Waals surface area contributed by atoms with Gasteiger partial charge in [0.15, 0.2) is 5.96 Å². The van der Waals surface area contributed by atoms with Gasteiger partial charge in [0.2, 0.25) is 0 Å². The van der Waals surface area contributed by atoms with Crippen LogP contribution in [0.2, 0.25) is 0 Å². The first-order chi connectivity index (χ1) is 13.9. The van der Waals surface area contributed by atoms with Gasteiger partial charge >= 0.3 is 6.18 Å².